The van der Waals surface area contributed by atoms with E-state index in [1.165, 1.54) is 22.3 Å². The molecule has 0 radical (unpaired) electrons. The van der Waals surface area contributed by atoms with E-state index in [4.69, 9.17) is 4.42 Å². The highest BCUT2D eigenvalue weighted by Gasteiger charge is 2.20. The molecule has 1 aliphatic rings. The SMILES string of the molecule is Cc1cc(CN2CCc3c(CNc4ncccn4)cncc3C2)oc1C. The lowest BCUT2D eigenvalue weighted by Crippen LogP contribution is -2.31. The highest BCUT2D eigenvalue weighted by atomic mass is 16.3. The lowest BCUT2D eigenvalue weighted by Gasteiger charge is -2.29. The molecule has 0 atom stereocenters. The number of nitrogens with zero attached hydrogens (tertiary/aromatic N) is 4. The van der Waals surface area contributed by atoms with E-state index in [1.807, 2.05) is 25.4 Å². The largest absolute Gasteiger partial charge is 0.465 e. The van der Waals surface area contributed by atoms with E-state index < -0.39 is 0 Å². The number of anilines is 1. The lowest BCUT2D eigenvalue weighted by atomic mass is 9.97. The van der Waals surface area contributed by atoms with Crippen molar-refractivity contribution in [1.82, 2.24) is 19.9 Å². The second kappa shape index (κ2) is 7.25. The van der Waals surface area contributed by atoms with E-state index in [0.717, 1.165) is 37.6 Å². The zero-order valence-corrected chi connectivity index (χ0v) is 15.2. The van der Waals surface area contributed by atoms with Crippen molar-refractivity contribution in [1.29, 1.82) is 0 Å². The van der Waals surface area contributed by atoms with Crippen LogP contribution in [0.15, 0.2) is 41.3 Å². The number of aromatic nitrogens is 3. The van der Waals surface area contributed by atoms with E-state index >= 15 is 0 Å². The molecule has 0 bridgehead atoms. The van der Waals surface area contributed by atoms with Gasteiger partial charge in [0.05, 0.1) is 6.54 Å². The Balaban J connectivity index is 1.44. The second-order valence-corrected chi connectivity index (χ2v) is 6.77. The molecule has 1 N–H and O–H groups in total. The number of rotatable bonds is 5. The molecule has 3 aromatic heterocycles. The van der Waals surface area contributed by atoms with Crippen LogP contribution in [-0.2, 0) is 26.1 Å². The van der Waals surface area contributed by atoms with Gasteiger partial charge in [-0.2, -0.15) is 0 Å². The number of fused-ring (bicyclic) bond motifs is 1. The van der Waals surface area contributed by atoms with Crippen LogP contribution in [0.4, 0.5) is 5.95 Å². The van der Waals surface area contributed by atoms with Crippen molar-refractivity contribution < 1.29 is 4.42 Å². The molecule has 134 valence electrons. The van der Waals surface area contributed by atoms with Gasteiger partial charge < -0.3 is 9.73 Å². The van der Waals surface area contributed by atoms with E-state index in [1.54, 1.807) is 12.4 Å². The number of pyridine rings is 1. The minimum absolute atomic E-state index is 0.645. The van der Waals surface area contributed by atoms with Crippen LogP contribution in [-0.4, -0.2) is 26.4 Å². The Hall–Kier alpha value is -2.73. The summed E-state index contributed by atoms with van der Waals surface area (Å²) in [4.78, 5) is 15.3. The number of furan rings is 1. The molecule has 6 nitrogen and oxygen atoms in total. The van der Waals surface area contributed by atoms with Crippen molar-refractivity contribution in [2.24, 2.45) is 0 Å². The summed E-state index contributed by atoms with van der Waals surface area (Å²) in [5, 5.41) is 3.28. The molecule has 0 spiro atoms. The van der Waals surface area contributed by atoms with Gasteiger partial charge in [0.2, 0.25) is 5.95 Å². The van der Waals surface area contributed by atoms with Gasteiger partial charge in [-0.1, -0.05) is 0 Å². The van der Waals surface area contributed by atoms with E-state index in [2.05, 4.69) is 38.2 Å². The van der Waals surface area contributed by atoms with Crippen molar-refractivity contribution in [2.45, 2.75) is 39.9 Å². The summed E-state index contributed by atoms with van der Waals surface area (Å²) in [7, 11) is 0. The minimum Gasteiger partial charge on any atom is -0.465 e. The first kappa shape index (κ1) is 16.7. The summed E-state index contributed by atoms with van der Waals surface area (Å²) in [6, 6.07) is 3.96. The van der Waals surface area contributed by atoms with Crippen molar-refractivity contribution in [2.75, 3.05) is 11.9 Å². The summed E-state index contributed by atoms with van der Waals surface area (Å²) < 4.78 is 5.84. The van der Waals surface area contributed by atoms with Gasteiger partial charge in [-0.15, -0.1) is 0 Å². The van der Waals surface area contributed by atoms with Gasteiger partial charge in [0.25, 0.3) is 0 Å². The molecule has 0 unspecified atom stereocenters. The van der Waals surface area contributed by atoms with E-state index in [-0.39, 0.29) is 0 Å². The molecule has 4 rings (SSSR count). The average molecular weight is 349 g/mol. The van der Waals surface area contributed by atoms with Gasteiger partial charge in [-0.25, -0.2) is 9.97 Å². The molecule has 4 heterocycles. The zero-order valence-electron chi connectivity index (χ0n) is 15.2. The van der Waals surface area contributed by atoms with Crippen LogP contribution in [0.3, 0.4) is 0 Å². The smallest absolute Gasteiger partial charge is 0.222 e. The van der Waals surface area contributed by atoms with Gasteiger partial charge in [0, 0.05) is 44.4 Å². The molecule has 26 heavy (non-hydrogen) atoms. The number of nitrogens with one attached hydrogen (secondary N) is 1. The number of hydrogen-bond donors (Lipinski definition) is 1. The van der Waals surface area contributed by atoms with Gasteiger partial charge in [0.1, 0.15) is 11.5 Å². The van der Waals surface area contributed by atoms with Gasteiger partial charge in [-0.05, 0) is 54.7 Å². The lowest BCUT2D eigenvalue weighted by molar-refractivity contribution is 0.223. The molecule has 0 saturated heterocycles. The fourth-order valence-electron chi connectivity index (χ4n) is 3.43. The Morgan fingerprint density at radius 2 is 2.04 bits per heavy atom. The van der Waals surface area contributed by atoms with Gasteiger partial charge in [-0.3, -0.25) is 9.88 Å². The first-order valence-corrected chi connectivity index (χ1v) is 8.93. The van der Waals surface area contributed by atoms with Crippen LogP contribution < -0.4 is 5.32 Å². The molecule has 3 aromatic rings. The monoisotopic (exact) mass is 349 g/mol. The first-order chi connectivity index (χ1) is 12.7. The molecule has 0 amide bonds. The molecular formula is C20H23N5O. The third kappa shape index (κ3) is 3.60. The van der Waals surface area contributed by atoms with Crippen molar-refractivity contribution in [3.63, 3.8) is 0 Å². The van der Waals surface area contributed by atoms with E-state index in [0.29, 0.717) is 12.5 Å². The Morgan fingerprint density at radius 1 is 1.19 bits per heavy atom. The van der Waals surface area contributed by atoms with Gasteiger partial charge in [0.15, 0.2) is 0 Å². The summed E-state index contributed by atoms with van der Waals surface area (Å²) in [6.45, 7) is 7.56. The molecule has 1 aliphatic heterocycles. The van der Waals surface area contributed by atoms with Crippen LogP contribution in [0.2, 0.25) is 0 Å². The van der Waals surface area contributed by atoms with Crippen LogP contribution in [0, 0.1) is 13.8 Å². The molecule has 0 aromatic carbocycles. The van der Waals surface area contributed by atoms with Crippen LogP contribution in [0.25, 0.3) is 0 Å². The maximum absolute atomic E-state index is 5.84. The Kier molecular flexibility index (Phi) is 4.67. The average Bonchev–Trinajstić information content (AvgIpc) is 2.97. The molecule has 0 saturated carbocycles. The fourth-order valence-corrected chi connectivity index (χ4v) is 3.43. The van der Waals surface area contributed by atoms with Crippen LogP contribution >= 0.6 is 0 Å². The van der Waals surface area contributed by atoms with Crippen molar-refractivity contribution >= 4 is 5.95 Å². The summed E-state index contributed by atoms with van der Waals surface area (Å²) in [5.74, 6) is 2.69. The normalized spacial score (nSPS) is 14.2. The third-order valence-electron chi connectivity index (χ3n) is 4.91. The van der Waals surface area contributed by atoms with Crippen molar-refractivity contribution in [3.8, 4) is 0 Å². The maximum atomic E-state index is 5.84. The van der Waals surface area contributed by atoms with Crippen LogP contribution in [0.1, 0.15) is 33.8 Å². The van der Waals surface area contributed by atoms with Gasteiger partial charge >= 0.3 is 0 Å². The molecule has 6 heteroatoms. The standard InChI is InChI=1S/C20H23N5O/c1-14-8-18(26-15(14)2)13-25-7-4-19-16(9-21-10-17(19)12-25)11-24-20-22-5-3-6-23-20/h3,5-6,8-10H,4,7,11-13H2,1-2H3,(H,22,23,24). The summed E-state index contributed by atoms with van der Waals surface area (Å²) in [6.07, 6.45) is 8.43. The quantitative estimate of drug-likeness (QED) is 0.763. The van der Waals surface area contributed by atoms with Crippen molar-refractivity contribution in [3.05, 3.63) is 70.7 Å². The maximum Gasteiger partial charge on any atom is 0.222 e. The Bertz CT molecular complexity index is 871. The third-order valence-corrected chi connectivity index (χ3v) is 4.91. The first-order valence-electron chi connectivity index (χ1n) is 8.93. The van der Waals surface area contributed by atoms with E-state index in [9.17, 15) is 0 Å². The Morgan fingerprint density at radius 3 is 2.81 bits per heavy atom. The predicted octanol–water partition coefficient (Wildman–Crippen LogP) is 3.25. The fraction of sp³-hybridized carbons (Fsp3) is 0.350. The molecular weight excluding hydrogens is 326 g/mol. The summed E-state index contributed by atoms with van der Waals surface area (Å²) in [5.41, 5.74) is 5.13. The second-order valence-electron chi connectivity index (χ2n) is 6.77. The molecule has 0 fully saturated rings. The summed E-state index contributed by atoms with van der Waals surface area (Å²) >= 11 is 0. The highest BCUT2D eigenvalue weighted by molar-refractivity contribution is 5.36. The number of aryl methyl sites for hydroxylation is 2. The zero-order chi connectivity index (χ0) is 17.9. The van der Waals surface area contributed by atoms with Crippen LogP contribution in [0.5, 0.6) is 0 Å². The number of hydrogen-bond acceptors (Lipinski definition) is 6. The topological polar surface area (TPSA) is 67.1 Å². The highest BCUT2D eigenvalue weighted by Crippen LogP contribution is 2.24. The minimum atomic E-state index is 0.645. The molecule has 0 aliphatic carbocycles. The predicted molar refractivity (Wildman–Crippen MR) is 99.6 cm³/mol. The Labute approximate surface area is 153 Å².